The standard InChI is InChI=1S/C40H68N2/c1-3-5-7-9-11-13-15-17-18-20-22-24-26-28-30-38-35-41-40(42-36-38)39-33-31-37(32-34-39)29-27-25-23-21-19-16-14-12-10-8-6-4-2/h31-36H,3-30H2,1-2H3. The summed E-state index contributed by atoms with van der Waals surface area (Å²) < 4.78 is 0. The topological polar surface area (TPSA) is 25.8 Å². The summed E-state index contributed by atoms with van der Waals surface area (Å²) in [4.78, 5) is 9.38. The first-order chi connectivity index (χ1) is 20.8. The third-order valence-electron chi connectivity index (χ3n) is 9.06. The van der Waals surface area contributed by atoms with Crippen LogP contribution in [0.15, 0.2) is 36.7 Å². The zero-order valence-corrected chi connectivity index (χ0v) is 28.2. The first-order valence-electron chi connectivity index (χ1n) is 18.7. The molecule has 0 saturated carbocycles. The second kappa shape index (κ2) is 26.9. The lowest BCUT2D eigenvalue weighted by Gasteiger charge is -2.06. The van der Waals surface area contributed by atoms with Crippen molar-refractivity contribution in [3.05, 3.63) is 47.8 Å². The van der Waals surface area contributed by atoms with E-state index in [9.17, 15) is 0 Å². The van der Waals surface area contributed by atoms with E-state index >= 15 is 0 Å². The smallest absolute Gasteiger partial charge is 0.159 e. The van der Waals surface area contributed by atoms with Crippen LogP contribution in [0.2, 0.25) is 0 Å². The van der Waals surface area contributed by atoms with E-state index in [1.54, 1.807) is 0 Å². The third kappa shape index (κ3) is 19.5. The van der Waals surface area contributed by atoms with Crippen LogP contribution in [0, 0.1) is 0 Å². The Morgan fingerprint density at radius 1 is 0.357 bits per heavy atom. The van der Waals surface area contributed by atoms with Crippen LogP contribution >= 0.6 is 0 Å². The van der Waals surface area contributed by atoms with E-state index in [0.717, 1.165) is 17.8 Å². The van der Waals surface area contributed by atoms with E-state index in [1.165, 1.54) is 184 Å². The summed E-state index contributed by atoms with van der Waals surface area (Å²) in [6, 6.07) is 8.97. The predicted molar refractivity (Wildman–Crippen MR) is 186 cm³/mol. The fourth-order valence-electron chi connectivity index (χ4n) is 6.15. The highest BCUT2D eigenvalue weighted by Crippen LogP contribution is 2.19. The van der Waals surface area contributed by atoms with Crippen LogP contribution in [-0.2, 0) is 12.8 Å². The molecule has 0 saturated heterocycles. The Morgan fingerprint density at radius 2 is 0.667 bits per heavy atom. The van der Waals surface area contributed by atoms with Crippen molar-refractivity contribution in [2.24, 2.45) is 0 Å². The van der Waals surface area contributed by atoms with Gasteiger partial charge in [0.1, 0.15) is 0 Å². The van der Waals surface area contributed by atoms with E-state index in [2.05, 4.69) is 48.1 Å². The second-order valence-corrected chi connectivity index (χ2v) is 13.1. The van der Waals surface area contributed by atoms with Crippen LogP contribution in [-0.4, -0.2) is 9.97 Å². The highest BCUT2D eigenvalue weighted by atomic mass is 14.9. The number of hydrogen-bond donors (Lipinski definition) is 0. The molecule has 1 heterocycles. The zero-order valence-electron chi connectivity index (χ0n) is 28.2. The van der Waals surface area contributed by atoms with Crippen LogP contribution < -0.4 is 0 Å². The van der Waals surface area contributed by atoms with Crippen LogP contribution in [0.4, 0.5) is 0 Å². The largest absolute Gasteiger partial charge is 0.236 e. The van der Waals surface area contributed by atoms with E-state index < -0.39 is 0 Å². The molecule has 0 bridgehead atoms. The van der Waals surface area contributed by atoms with Crippen molar-refractivity contribution in [1.82, 2.24) is 9.97 Å². The average molecular weight is 577 g/mol. The van der Waals surface area contributed by atoms with E-state index in [1.807, 2.05) is 12.4 Å². The maximum absolute atomic E-state index is 4.69. The average Bonchev–Trinajstić information content (AvgIpc) is 3.02. The quantitative estimate of drug-likeness (QED) is 0.0900. The van der Waals surface area contributed by atoms with Gasteiger partial charge in [-0.2, -0.15) is 0 Å². The molecule has 0 radical (unpaired) electrons. The molecular formula is C40H68N2. The first-order valence-corrected chi connectivity index (χ1v) is 18.7. The van der Waals surface area contributed by atoms with Gasteiger partial charge in [-0.15, -0.1) is 0 Å². The van der Waals surface area contributed by atoms with Gasteiger partial charge in [-0.1, -0.05) is 192 Å². The van der Waals surface area contributed by atoms with Gasteiger partial charge in [-0.05, 0) is 36.8 Å². The van der Waals surface area contributed by atoms with Gasteiger partial charge in [0.05, 0.1) is 0 Å². The Morgan fingerprint density at radius 3 is 1.02 bits per heavy atom. The van der Waals surface area contributed by atoms with E-state index in [-0.39, 0.29) is 0 Å². The Labute approximate surface area is 262 Å². The lowest BCUT2D eigenvalue weighted by atomic mass is 10.0. The number of nitrogens with zero attached hydrogens (tertiary/aromatic N) is 2. The summed E-state index contributed by atoms with van der Waals surface area (Å²) in [6.07, 6.45) is 43.0. The molecule has 0 aliphatic rings. The molecule has 0 N–H and O–H groups in total. The van der Waals surface area contributed by atoms with Crippen molar-refractivity contribution in [3.63, 3.8) is 0 Å². The first kappa shape index (κ1) is 36.5. The summed E-state index contributed by atoms with van der Waals surface area (Å²) in [5, 5.41) is 0. The van der Waals surface area contributed by atoms with E-state index in [0.29, 0.717) is 0 Å². The minimum absolute atomic E-state index is 0.858. The van der Waals surface area contributed by atoms with Gasteiger partial charge in [0, 0.05) is 18.0 Å². The molecule has 1 aromatic carbocycles. The van der Waals surface area contributed by atoms with Crippen molar-refractivity contribution in [3.8, 4) is 11.4 Å². The summed E-state index contributed by atoms with van der Waals surface area (Å²) in [6.45, 7) is 4.59. The fourth-order valence-corrected chi connectivity index (χ4v) is 6.15. The van der Waals surface area contributed by atoms with Gasteiger partial charge < -0.3 is 0 Å². The molecule has 2 aromatic rings. The molecule has 0 spiro atoms. The van der Waals surface area contributed by atoms with Crippen molar-refractivity contribution < 1.29 is 0 Å². The lowest BCUT2D eigenvalue weighted by molar-refractivity contribution is 0.535. The molecule has 0 aliphatic heterocycles. The van der Waals surface area contributed by atoms with Crippen molar-refractivity contribution in [2.75, 3.05) is 0 Å². The number of benzene rings is 1. The van der Waals surface area contributed by atoms with Crippen molar-refractivity contribution >= 4 is 0 Å². The SMILES string of the molecule is CCCCCCCCCCCCCCCCc1cnc(-c2ccc(CCCCCCCCCCCCCC)cc2)nc1. The van der Waals surface area contributed by atoms with Gasteiger partial charge in [0.15, 0.2) is 5.82 Å². The molecule has 0 atom stereocenters. The molecule has 0 amide bonds. The highest BCUT2D eigenvalue weighted by molar-refractivity contribution is 5.55. The zero-order chi connectivity index (χ0) is 29.8. The Balaban J connectivity index is 1.45. The highest BCUT2D eigenvalue weighted by Gasteiger charge is 2.03. The number of aromatic nitrogens is 2. The fraction of sp³-hybridized carbons (Fsp3) is 0.750. The molecule has 0 fully saturated rings. The van der Waals surface area contributed by atoms with Crippen molar-refractivity contribution in [1.29, 1.82) is 0 Å². The molecule has 238 valence electrons. The Hall–Kier alpha value is -1.70. The molecule has 0 unspecified atom stereocenters. The van der Waals surface area contributed by atoms with Gasteiger partial charge in [0.25, 0.3) is 0 Å². The second-order valence-electron chi connectivity index (χ2n) is 13.1. The van der Waals surface area contributed by atoms with Gasteiger partial charge >= 0.3 is 0 Å². The molecule has 42 heavy (non-hydrogen) atoms. The minimum Gasteiger partial charge on any atom is -0.236 e. The summed E-state index contributed by atoms with van der Waals surface area (Å²) in [5.74, 6) is 0.858. The molecule has 2 heteroatoms. The van der Waals surface area contributed by atoms with Crippen molar-refractivity contribution in [2.45, 2.75) is 194 Å². The lowest BCUT2D eigenvalue weighted by Crippen LogP contribution is -1.94. The van der Waals surface area contributed by atoms with Crippen LogP contribution in [0.3, 0.4) is 0 Å². The normalized spacial score (nSPS) is 11.4. The van der Waals surface area contributed by atoms with Crippen LogP contribution in [0.5, 0.6) is 0 Å². The molecule has 0 aliphatic carbocycles. The molecular weight excluding hydrogens is 508 g/mol. The summed E-state index contributed by atoms with van der Waals surface area (Å²) in [5.41, 5.74) is 3.86. The predicted octanol–water partition coefficient (Wildman–Crippen LogP) is 13.4. The Bertz CT molecular complexity index is 826. The van der Waals surface area contributed by atoms with E-state index in [4.69, 9.17) is 0 Å². The molecule has 2 nitrogen and oxygen atoms in total. The maximum Gasteiger partial charge on any atom is 0.159 e. The van der Waals surface area contributed by atoms with Crippen LogP contribution in [0.25, 0.3) is 11.4 Å². The Kier molecular flexibility index (Phi) is 23.4. The number of aryl methyl sites for hydroxylation is 2. The number of unbranched alkanes of at least 4 members (excludes halogenated alkanes) is 24. The van der Waals surface area contributed by atoms with Gasteiger partial charge in [-0.3, -0.25) is 0 Å². The maximum atomic E-state index is 4.69. The van der Waals surface area contributed by atoms with Gasteiger partial charge in [0.2, 0.25) is 0 Å². The van der Waals surface area contributed by atoms with Crippen LogP contribution in [0.1, 0.15) is 192 Å². The monoisotopic (exact) mass is 577 g/mol. The summed E-state index contributed by atoms with van der Waals surface area (Å²) >= 11 is 0. The summed E-state index contributed by atoms with van der Waals surface area (Å²) in [7, 11) is 0. The molecule has 2 rings (SSSR count). The number of hydrogen-bond acceptors (Lipinski definition) is 2. The molecule has 1 aromatic heterocycles. The third-order valence-corrected chi connectivity index (χ3v) is 9.06. The minimum atomic E-state index is 0.858. The number of rotatable bonds is 29. The van der Waals surface area contributed by atoms with Gasteiger partial charge in [-0.25, -0.2) is 9.97 Å².